The van der Waals surface area contributed by atoms with Crippen LogP contribution in [0.15, 0.2) is 64.2 Å². The lowest BCUT2D eigenvalue weighted by Gasteiger charge is -2.72. The Balaban J connectivity index is 0.902. The molecule has 7 aliphatic rings. The molecule has 1 aromatic heterocycles. The second kappa shape index (κ2) is 14.4. The fourth-order valence-electron chi connectivity index (χ4n) is 14.9. The summed E-state index contributed by atoms with van der Waals surface area (Å²) in [4.78, 5) is 40.5. The molecular weight excluding hydrogens is 717 g/mol. The van der Waals surface area contributed by atoms with E-state index >= 15 is 0 Å². The number of carbonyl (C=O) groups excluding carboxylic acids is 1. The normalized spacial score (nSPS) is 42.2. The van der Waals surface area contributed by atoms with Crippen LogP contribution >= 0.6 is 0 Å². The van der Waals surface area contributed by atoms with Gasteiger partial charge in [-0.15, -0.1) is 0 Å². The lowest BCUT2D eigenvalue weighted by molar-refractivity contribution is -0.247. The van der Waals surface area contributed by atoms with E-state index in [0.29, 0.717) is 35.3 Å². The third-order valence-electron chi connectivity index (χ3n) is 17.9. The summed E-state index contributed by atoms with van der Waals surface area (Å²) < 4.78 is 22.9. The van der Waals surface area contributed by atoms with Crippen molar-refractivity contribution in [2.45, 2.75) is 143 Å². The number of carbonyl (C=O) groups is 1. The molecule has 57 heavy (non-hydrogen) atoms. The number of nitrogens with one attached hydrogen (secondary N) is 1. The van der Waals surface area contributed by atoms with E-state index in [1.165, 1.54) is 66.3 Å². The second-order valence-electron chi connectivity index (χ2n) is 20.2. The molecular formula is C47H66N4O6. The number of hydrogen-bond acceptors (Lipinski definition) is 6. The highest BCUT2D eigenvalue weighted by Crippen LogP contribution is 2.77. The van der Waals surface area contributed by atoms with Gasteiger partial charge < -0.3 is 14.2 Å². The molecule has 0 bridgehead atoms. The Kier molecular flexibility index (Phi) is 9.90. The number of rotatable bonds is 7. The lowest BCUT2D eigenvalue weighted by Crippen LogP contribution is -2.65. The minimum Gasteiger partial charge on any atom is -0.446 e. The SMILES string of the molecule is C=C(C)[C@@H]1CC[C@]2(COC3CCCCO3)CC[C@]3(C)C(CCC4[C@@]5(C)CC[C@H](OC(=O)NC6C=CCn7c(=O)n(-c8ccccc8)c(=O)n76)[C@H](C)C5CC[C@]43C)[C@@H]12. The van der Waals surface area contributed by atoms with Crippen LogP contribution in [0.2, 0.25) is 0 Å². The summed E-state index contributed by atoms with van der Waals surface area (Å²) in [7, 11) is 0. The highest BCUT2D eigenvalue weighted by molar-refractivity contribution is 5.68. The van der Waals surface area contributed by atoms with E-state index < -0.39 is 23.6 Å². The van der Waals surface area contributed by atoms with E-state index in [2.05, 4.69) is 46.5 Å². The van der Waals surface area contributed by atoms with Crippen molar-refractivity contribution < 1.29 is 19.0 Å². The average Bonchev–Trinajstić information content (AvgIpc) is 3.71. The van der Waals surface area contributed by atoms with Gasteiger partial charge in [0.1, 0.15) is 12.3 Å². The number of nitrogens with zero attached hydrogens (tertiary/aromatic N) is 3. The minimum absolute atomic E-state index is 0.0399. The molecule has 13 atom stereocenters. The van der Waals surface area contributed by atoms with Crippen molar-refractivity contribution in [3.63, 3.8) is 0 Å². The number of ether oxygens (including phenoxy) is 3. The number of allylic oxidation sites excluding steroid dienone is 2. The molecule has 310 valence electrons. The molecule has 10 nitrogen and oxygen atoms in total. The molecule has 2 aromatic rings. The van der Waals surface area contributed by atoms with Crippen LogP contribution in [-0.2, 0) is 20.8 Å². The summed E-state index contributed by atoms with van der Waals surface area (Å²) in [5, 5.41) is 2.92. The maximum absolute atomic E-state index is 13.7. The van der Waals surface area contributed by atoms with E-state index in [1.807, 2.05) is 12.1 Å². The van der Waals surface area contributed by atoms with Crippen molar-refractivity contribution in [1.82, 2.24) is 19.2 Å². The van der Waals surface area contributed by atoms with Gasteiger partial charge in [-0.2, -0.15) is 0 Å². The molecule has 3 heterocycles. The zero-order valence-corrected chi connectivity index (χ0v) is 35.0. The monoisotopic (exact) mass is 782 g/mol. The number of benzene rings is 1. The van der Waals surface area contributed by atoms with E-state index in [4.69, 9.17) is 14.2 Å². The maximum Gasteiger partial charge on any atom is 0.409 e. The van der Waals surface area contributed by atoms with Gasteiger partial charge in [-0.25, -0.2) is 28.3 Å². The Morgan fingerprint density at radius 2 is 1.72 bits per heavy atom. The van der Waals surface area contributed by atoms with Gasteiger partial charge in [0.25, 0.3) is 0 Å². The quantitative estimate of drug-likeness (QED) is 0.282. The number of amides is 1. The molecule has 1 amide bonds. The largest absolute Gasteiger partial charge is 0.446 e. The van der Waals surface area contributed by atoms with Crippen LogP contribution in [-0.4, -0.2) is 45.6 Å². The first kappa shape index (κ1) is 39.1. The van der Waals surface area contributed by atoms with Crippen LogP contribution in [0.4, 0.5) is 4.79 Å². The summed E-state index contributed by atoms with van der Waals surface area (Å²) in [5.41, 5.74) is 1.80. The number of hydrogen-bond donors (Lipinski definition) is 1. The Labute approximate surface area is 338 Å². The van der Waals surface area contributed by atoms with Crippen LogP contribution < -0.4 is 16.7 Å². The molecule has 5 saturated carbocycles. The molecule has 5 aliphatic carbocycles. The molecule has 0 spiro atoms. The first-order chi connectivity index (χ1) is 27.3. The van der Waals surface area contributed by atoms with E-state index in [-0.39, 0.29) is 46.5 Å². The van der Waals surface area contributed by atoms with Gasteiger partial charge in [0.15, 0.2) is 6.29 Å². The van der Waals surface area contributed by atoms with Crippen LogP contribution in [0.3, 0.4) is 0 Å². The van der Waals surface area contributed by atoms with Crippen molar-refractivity contribution in [1.29, 1.82) is 0 Å². The molecule has 10 heteroatoms. The van der Waals surface area contributed by atoms with Crippen LogP contribution in [0.25, 0.3) is 5.69 Å². The van der Waals surface area contributed by atoms with Gasteiger partial charge in [0.2, 0.25) is 0 Å². The van der Waals surface area contributed by atoms with Crippen molar-refractivity contribution in [3.8, 4) is 5.69 Å². The molecule has 5 unspecified atom stereocenters. The van der Waals surface area contributed by atoms with E-state index in [9.17, 15) is 14.4 Å². The minimum atomic E-state index is -0.822. The first-order valence-electron chi connectivity index (χ1n) is 22.3. The van der Waals surface area contributed by atoms with Gasteiger partial charge >= 0.3 is 17.5 Å². The molecule has 0 radical (unpaired) electrons. The van der Waals surface area contributed by atoms with Crippen molar-refractivity contribution >= 4 is 6.09 Å². The van der Waals surface area contributed by atoms with Crippen LogP contribution in [0.1, 0.15) is 124 Å². The Morgan fingerprint density at radius 1 is 0.912 bits per heavy atom. The van der Waals surface area contributed by atoms with E-state index in [1.54, 1.807) is 30.3 Å². The molecule has 2 aliphatic heterocycles. The fraction of sp³-hybridized carbons (Fsp3) is 0.723. The van der Waals surface area contributed by atoms with Gasteiger partial charge in [-0.05, 0) is 166 Å². The second-order valence-corrected chi connectivity index (χ2v) is 20.2. The Morgan fingerprint density at radius 3 is 2.47 bits per heavy atom. The topological polar surface area (TPSA) is 106 Å². The van der Waals surface area contributed by atoms with Crippen molar-refractivity contribution in [2.24, 2.45) is 57.2 Å². The Bertz CT molecular complexity index is 2010. The van der Waals surface area contributed by atoms with Crippen LogP contribution in [0, 0.1) is 57.2 Å². The number of alkyl carbamates (subject to hydrolysis) is 1. The van der Waals surface area contributed by atoms with E-state index in [0.717, 1.165) is 49.9 Å². The average molecular weight is 783 g/mol. The zero-order valence-electron chi connectivity index (χ0n) is 35.0. The van der Waals surface area contributed by atoms with Crippen molar-refractivity contribution in [3.05, 3.63) is 75.6 Å². The number of fused-ring (bicyclic) bond motifs is 8. The van der Waals surface area contributed by atoms with Crippen LogP contribution in [0.5, 0.6) is 0 Å². The first-order valence-corrected chi connectivity index (χ1v) is 22.3. The summed E-state index contributed by atoms with van der Waals surface area (Å²) in [6, 6.07) is 8.90. The predicted molar refractivity (Wildman–Crippen MR) is 220 cm³/mol. The standard InChI is InChI=1S/C47H66N4O6/c1-30(2)33-19-24-47(29-56-39-16-10-11-28-55-39)26-25-45(5)35(40(33)47)17-18-37-44(4)22-21-36(31(3)34(44)20-23-46(37,45)6)57-41(52)48-38-15-12-27-49-42(53)50(43(54)51(38)49)32-13-8-7-9-14-32/h7-9,12-15,31,33-40H,1,10-11,16-29H2,2-6H3,(H,48,52)/t31-,33+,34?,35?,36+,37?,38?,39?,40-,44+,45-,46-,47-/m1/s1. The summed E-state index contributed by atoms with van der Waals surface area (Å²) in [5.74, 6) is 3.14. The summed E-state index contributed by atoms with van der Waals surface area (Å²) in [6.45, 7) is 19.0. The summed E-state index contributed by atoms with van der Waals surface area (Å²) >= 11 is 0. The molecule has 6 fully saturated rings. The molecule has 1 aromatic carbocycles. The zero-order chi connectivity index (χ0) is 39.9. The predicted octanol–water partition coefficient (Wildman–Crippen LogP) is 8.77. The molecule has 1 saturated heterocycles. The highest BCUT2D eigenvalue weighted by Gasteiger charge is 2.70. The third kappa shape index (κ3) is 6.03. The van der Waals surface area contributed by atoms with Gasteiger partial charge in [-0.1, -0.05) is 64.1 Å². The fourth-order valence-corrected chi connectivity index (χ4v) is 14.9. The summed E-state index contributed by atoms with van der Waals surface area (Å²) in [6.07, 6.45) is 17.1. The van der Waals surface area contributed by atoms with Gasteiger partial charge in [0.05, 0.1) is 18.8 Å². The smallest absolute Gasteiger partial charge is 0.409 e. The molecule has 9 rings (SSSR count). The van der Waals surface area contributed by atoms with Gasteiger partial charge in [0, 0.05) is 6.61 Å². The third-order valence-corrected chi connectivity index (χ3v) is 17.9. The number of aromatic nitrogens is 3. The Hall–Kier alpha value is -3.37. The molecule has 1 N–H and O–H groups in total. The maximum atomic E-state index is 13.7. The van der Waals surface area contributed by atoms with Crippen molar-refractivity contribution in [2.75, 3.05) is 13.2 Å². The lowest BCUT2D eigenvalue weighted by atomic mass is 9.33. The highest BCUT2D eigenvalue weighted by atomic mass is 16.7. The van der Waals surface area contributed by atoms with Gasteiger partial charge in [-0.3, -0.25) is 5.32 Å². The number of para-hydroxylation sites is 1.